The summed E-state index contributed by atoms with van der Waals surface area (Å²) in [5.41, 5.74) is 4.84. The molecule has 0 aromatic carbocycles. The molecule has 0 aliphatic heterocycles. The summed E-state index contributed by atoms with van der Waals surface area (Å²) in [5.74, 6) is 0. The van der Waals surface area contributed by atoms with Gasteiger partial charge >= 0.3 is 0 Å². The van der Waals surface area contributed by atoms with Crippen molar-refractivity contribution in [3.8, 4) is 0 Å². The summed E-state index contributed by atoms with van der Waals surface area (Å²) in [7, 11) is 0. The van der Waals surface area contributed by atoms with Gasteiger partial charge in [-0.15, -0.1) is 0 Å². The zero-order valence-electron chi connectivity index (χ0n) is 14.0. The summed E-state index contributed by atoms with van der Waals surface area (Å²) >= 11 is 0. The van der Waals surface area contributed by atoms with Crippen molar-refractivity contribution >= 4 is 0 Å². The number of aliphatic hydroxyl groups excluding tert-OH is 1. The number of aliphatic hydroxyl groups is 1. The fraction of sp³-hybridized carbons (Fsp3) is 0.400. The van der Waals surface area contributed by atoms with E-state index in [2.05, 4.69) is 52.5 Å². The molecule has 1 atom stereocenters. The lowest BCUT2D eigenvalue weighted by Crippen LogP contribution is -2.26. The summed E-state index contributed by atoms with van der Waals surface area (Å²) < 4.78 is 0. The molecule has 21 heavy (non-hydrogen) atoms. The van der Waals surface area contributed by atoms with Gasteiger partial charge in [0.1, 0.15) is 0 Å². The van der Waals surface area contributed by atoms with E-state index in [4.69, 9.17) is 0 Å². The average molecular weight is 284 g/mol. The summed E-state index contributed by atoms with van der Waals surface area (Å²) in [6.45, 7) is 14.3. The van der Waals surface area contributed by atoms with Crippen molar-refractivity contribution in [2.24, 2.45) is 5.41 Å². The SMILES string of the molecule is C=CC(C)=C/C=C/C(C)=C/C=C1\C(C)=CC(O)CC1(C)C. The van der Waals surface area contributed by atoms with E-state index in [9.17, 15) is 5.11 Å². The molecule has 0 fully saturated rings. The largest absolute Gasteiger partial charge is 0.389 e. The molecule has 0 heterocycles. The van der Waals surface area contributed by atoms with Crippen LogP contribution in [0.1, 0.15) is 41.0 Å². The first-order valence-corrected chi connectivity index (χ1v) is 7.49. The maximum absolute atomic E-state index is 9.86. The Morgan fingerprint density at radius 3 is 2.52 bits per heavy atom. The highest BCUT2D eigenvalue weighted by atomic mass is 16.3. The topological polar surface area (TPSA) is 20.2 Å². The Morgan fingerprint density at radius 1 is 1.29 bits per heavy atom. The van der Waals surface area contributed by atoms with E-state index in [1.165, 1.54) is 16.7 Å². The Labute approximate surface area is 129 Å². The van der Waals surface area contributed by atoms with Crippen LogP contribution in [0, 0.1) is 5.41 Å². The monoisotopic (exact) mass is 284 g/mol. The minimum atomic E-state index is -0.325. The first kappa shape index (κ1) is 17.5. The van der Waals surface area contributed by atoms with Gasteiger partial charge in [0.2, 0.25) is 0 Å². The molecule has 0 saturated heterocycles. The third-order valence-electron chi connectivity index (χ3n) is 3.87. The molecule has 114 valence electrons. The van der Waals surface area contributed by atoms with Crippen LogP contribution in [0.5, 0.6) is 0 Å². The highest BCUT2D eigenvalue weighted by Crippen LogP contribution is 2.40. The first-order chi connectivity index (χ1) is 9.76. The molecule has 1 N–H and O–H groups in total. The maximum Gasteiger partial charge on any atom is 0.0734 e. The van der Waals surface area contributed by atoms with Gasteiger partial charge in [0.25, 0.3) is 0 Å². The van der Waals surface area contributed by atoms with Crippen LogP contribution in [0.25, 0.3) is 0 Å². The second-order valence-electron chi connectivity index (χ2n) is 6.47. The smallest absolute Gasteiger partial charge is 0.0734 e. The standard InChI is InChI=1S/C20H28O/c1-7-15(2)9-8-10-16(3)11-12-19-17(4)13-18(21)14-20(19,5)6/h7-13,18,21H,1,14H2,2-6H3/b10-8+,15-9?,16-11+,19-12+. The molecule has 0 aromatic heterocycles. The number of hydrogen-bond acceptors (Lipinski definition) is 1. The van der Waals surface area contributed by atoms with Gasteiger partial charge in [0.15, 0.2) is 0 Å². The molecular formula is C20H28O. The molecule has 1 rings (SSSR count). The average Bonchev–Trinajstić information content (AvgIpc) is 2.36. The maximum atomic E-state index is 9.86. The van der Waals surface area contributed by atoms with Crippen molar-refractivity contribution in [3.05, 3.63) is 71.4 Å². The normalized spacial score (nSPS) is 25.3. The highest BCUT2D eigenvalue weighted by Gasteiger charge is 2.30. The third-order valence-corrected chi connectivity index (χ3v) is 3.87. The van der Waals surface area contributed by atoms with Gasteiger partial charge in [-0.1, -0.05) is 74.1 Å². The van der Waals surface area contributed by atoms with Crippen molar-refractivity contribution in [1.29, 1.82) is 0 Å². The van der Waals surface area contributed by atoms with E-state index in [0.717, 1.165) is 12.0 Å². The van der Waals surface area contributed by atoms with Crippen LogP contribution < -0.4 is 0 Å². The Morgan fingerprint density at radius 2 is 1.95 bits per heavy atom. The van der Waals surface area contributed by atoms with Crippen LogP contribution in [-0.2, 0) is 0 Å². The van der Waals surface area contributed by atoms with E-state index in [0.29, 0.717) is 0 Å². The second-order valence-corrected chi connectivity index (χ2v) is 6.47. The van der Waals surface area contributed by atoms with E-state index in [-0.39, 0.29) is 11.5 Å². The Balaban J connectivity index is 2.94. The van der Waals surface area contributed by atoms with Gasteiger partial charge in [0, 0.05) is 0 Å². The van der Waals surface area contributed by atoms with Crippen LogP contribution in [0.3, 0.4) is 0 Å². The summed E-state index contributed by atoms with van der Waals surface area (Å²) in [5, 5.41) is 9.86. The van der Waals surface area contributed by atoms with Crippen molar-refractivity contribution in [1.82, 2.24) is 0 Å². The van der Waals surface area contributed by atoms with E-state index in [1.807, 2.05) is 31.2 Å². The lowest BCUT2D eigenvalue weighted by Gasteiger charge is -2.34. The predicted octanol–water partition coefficient (Wildman–Crippen LogP) is 5.28. The molecule has 0 spiro atoms. The van der Waals surface area contributed by atoms with Crippen molar-refractivity contribution in [3.63, 3.8) is 0 Å². The molecule has 0 radical (unpaired) electrons. The van der Waals surface area contributed by atoms with Gasteiger partial charge in [-0.05, 0) is 43.8 Å². The minimum Gasteiger partial charge on any atom is -0.389 e. The zero-order chi connectivity index (χ0) is 16.0. The molecular weight excluding hydrogens is 256 g/mol. The molecule has 0 amide bonds. The van der Waals surface area contributed by atoms with Gasteiger partial charge < -0.3 is 5.11 Å². The molecule has 1 aliphatic rings. The van der Waals surface area contributed by atoms with Gasteiger partial charge in [-0.2, -0.15) is 0 Å². The molecule has 0 bridgehead atoms. The fourth-order valence-corrected chi connectivity index (χ4v) is 2.65. The first-order valence-electron chi connectivity index (χ1n) is 7.49. The van der Waals surface area contributed by atoms with Crippen molar-refractivity contribution in [2.75, 3.05) is 0 Å². The van der Waals surface area contributed by atoms with Crippen LogP contribution in [0.15, 0.2) is 71.4 Å². The van der Waals surface area contributed by atoms with Crippen molar-refractivity contribution < 1.29 is 5.11 Å². The van der Waals surface area contributed by atoms with Crippen molar-refractivity contribution in [2.45, 2.75) is 47.1 Å². The highest BCUT2D eigenvalue weighted by molar-refractivity contribution is 5.41. The quantitative estimate of drug-likeness (QED) is 0.696. The van der Waals surface area contributed by atoms with Crippen LogP contribution in [-0.4, -0.2) is 11.2 Å². The Bertz CT molecular complexity index is 536. The zero-order valence-corrected chi connectivity index (χ0v) is 14.0. The third kappa shape index (κ3) is 5.35. The number of hydrogen-bond donors (Lipinski definition) is 1. The van der Waals surface area contributed by atoms with Gasteiger partial charge in [-0.25, -0.2) is 0 Å². The number of rotatable bonds is 4. The van der Waals surface area contributed by atoms with E-state index < -0.39 is 0 Å². The van der Waals surface area contributed by atoms with Crippen LogP contribution >= 0.6 is 0 Å². The molecule has 1 aliphatic carbocycles. The minimum absolute atomic E-state index is 0.0120. The molecule has 1 nitrogen and oxygen atoms in total. The van der Waals surface area contributed by atoms with E-state index in [1.54, 1.807) is 0 Å². The van der Waals surface area contributed by atoms with Crippen LogP contribution in [0.4, 0.5) is 0 Å². The van der Waals surface area contributed by atoms with Gasteiger partial charge in [0.05, 0.1) is 6.10 Å². The number of allylic oxidation sites excluding steroid dienone is 10. The fourth-order valence-electron chi connectivity index (χ4n) is 2.65. The Kier molecular flexibility index (Phi) is 6.17. The van der Waals surface area contributed by atoms with E-state index >= 15 is 0 Å². The second kappa shape index (κ2) is 7.42. The molecule has 1 heteroatoms. The molecule has 0 saturated carbocycles. The molecule has 0 aromatic rings. The summed E-state index contributed by atoms with van der Waals surface area (Å²) in [6.07, 6.45) is 14.7. The van der Waals surface area contributed by atoms with Crippen LogP contribution in [0.2, 0.25) is 0 Å². The predicted molar refractivity (Wildman–Crippen MR) is 93.1 cm³/mol. The Hall–Kier alpha value is -1.60. The lowest BCUT2D eigenvalue weighted by atomic mass is 9.72. The molecule has 1 unspecified atom stereocenters. The summed E-state index contributed by atoms with van der Waals surface area (Å²) in [4.78, 5) is 0. The lowest BCUT2D eigenvalue weighted by molar-refractivity contribution is 0.161. The summed E-state index contributed by atoms with van der Waals surface area (Å²) in [6, 6.07) is 0. The van der Waals surface area contributed by atoms with Gasteiger partial charge in [-0.3, -0.25) is 0 Å².